The van der Waals surface area contributed by atoms with E-state index < -0.39 is 38.6 Å². The number of carbonyl (C=O) groups is 2. The number of allylic oxidation sites excluding steroid dienone is 12. The standard InChI is InChI=1S/C50H86NO9P/c1-6-8-10-12-14-15-16-17-18-19-20-21-22-23-24-25-30-34-38-42-50(54)60-48(46-59-61(55,56)58-44-43-51(3,4)5)45-57-49(53)41-37-33-29-27-26-28-32-36-40-47(52)39-35-31-13-11-9-7-2/h9,11,14-15,17-18,27-29,31-32,35-36,40,47-48,52H,6-8,10,12-13,16,19-26,30,33-34,37-39,41-46H2,1-5H3/b11-9-,15-14-,18-17-,29-27-,32-28-,35-31-,40-36+/t47?,48-/m1/s1. The molecule has 0 aromatic carbocycles. The molecule has 0 aromatic rings. The van der Waals surface area contributed by atoms with Crippen LogP contribution in [0.2, 0.25) is 0 Å². The third-order valence-corrected chi connectivity index (χ3v) is 10.4. The van der Waals surface area contributed by atoms with Gasteiger partial charge in [-0.25, -0.2) is 0 Å². The van der Waals surface area contributed by atoms with Crippen molar-refractivity contribution in [1.82, 2.24) is 0 Å². The first kappa shape index (κ1) is 58.1. The van der Waals surface area contributed by atoms with Crippen molar-refractivity contribution >= 4 is 19.8 Å². The predicted octanol–water partition coefficient (Wildman–Crippen LogP) is 11.9. The molecule has 61 heavy (non-hydrogen) atoms. The quantitative estimate of drug-likeness (QED) is 0.0159. The van der Waals surface area contributed by atoms with Gasteiger partial charge in [-0.15, -0.1) is 0 Å². The maximum atomic E-state index is 12.7. The molecular formula is C50H86NO9P. The van der Waals surface area contributed by atoms with Crippen LogP contribution in [-0.4, -0.2) is 81.2 Å². The number of quaternary nitrogens is 1. The molecule has 0 aliphatic rings. The summed E-state index contributed by atoms with van der Waals surface area (Å²) >= 11 is 0. The fourth-order valence-corrected chi connectivity index (χ4v) is 6.53. The minimum atomic E-state index is -4.66. The molecule has 11 heteroatoms. The minimum absolute atomic E-state index is 0.0549. The van der Waals surface area contributed by atoms with Crippen LogP contribution < -0.4 is 4.89 Å². The lowest BCUT2D eigenvalue weighted by Crippen LogP contribution is -2.37. The number of hydrogen-bond acceptors (Lipinski definition) is 9. The van der Waals surface area contributed by atoms with Crippen LogP contribution in [0.25, 0.3) is 0 Å². The third-order valence-electron chi connectivity index (χ3n) is 9.48. The highest BCUT2D eigenvalue weighted by Gasteiger charge is 2.21. The Bertz CT molecular complexity index is 1330. The van der Waals surface area contributed by atoms with Crippen LogP contribution in [0.15, 0.2) is 85.1 Å². The van der Waals surface area contributed by atoms with Gasteiger partial charge >= 0.3 is 11.9 Å². The number of aliphatic hydroxyl groups is 1. The number of hydrogen-bond donors (Lipinski definition) is 1. The Kier molecular flexibility index (Phi) is 39.3. The van der Waals surface area contributed by atoms with E-state index in [9.17, 15) is 24.2 Å². The lowest BCUT2D eigenvalue weighted by Gasteiger charge is -2.28. The summed E-state index contributed by atoms with van der Waals surface area (Å²) in [6.07, 6.45) is 49.3. The van der Waals surface area contributed by atoms with Crippen LogP contribution in [0.5, 0.6) is 0 Å². The number of aliphatic hydroxyl groups excluding tert-OH is 1. The van der Waals surface area contributed by atoms with Crippen molar-refractivity contribution in [3.8, 4) is 0 Å². The number of esters is 2. The smallest absolute Gasteiger partial charge is 0.306 e. The molecule has 350 valence electrons. The van der Waals surface area contributed by atoms with E-state index in [4.69, 9.17) is 18.5 Å². The summed E-state index contributed by atoms with van der Waals surface area (Å²) in [6.45, 7) is 3.91. The first-order chi connectivity index (χ1) is 29.4. The summed E-state index contributed by atoms with van der Waals surface area (Å²) in [5, 5.41) is 10.0. The highest BCUT2D eigenvalue weighted by atomic mass is 31.2. The molecule has 0 saturated heterocycles. The predicted molar refractivity (Wildman–Crippen MR) is 251 cm³/mol. The number of phosphoric ester groups is 1. The van der Waals surface area contributed by atoms with E-state index in [2.05, 4.69) is 56.4 Å². The monoisotopic (exact) mass is 876 g/mol. The molecule has 0 aliphatic carbocycles. The van der Waals surface area contributed by atoms with Crippen molar-refractivity contribution in [1.29, 1.82) is 0 Å². The van der Waals surface area contributed by atoms with Gasteiger partial charge in [-0.2, -0.15) is 0 Å². The normalized spacial score (nSPS) is 14.8. The Hall–Kier alpha value is -2.85. The van der Waals surface area contributed by atoms with E-state index in [1.807, 2.05) is 57.6 Å². The Balaban J connectivity index is 4.48. The highest BCUT2D eigenvalue weighted by Crippen LogP contribution is 2.38. The second-order valence-corrected chi connectivity index (χ2v) is 18.0. The van der Waals surface area contributed by atoms with E-state index in [0.717, 1.165) is 51.4 Å². The molecule has 0 heterocycles. The molecule has 0 bridgehead atoms. The first-order valence-corrected chi connectivity index (χ1v) is 24.9. The summed E-state index contributed by atoms with van der Waals surface area (Å²) in [5.41, 5.74) is 0. The second-order valence-electron chi connectivity index (χ2n) is 16.6. The second kappa shape index (κ2) is 41.2. The van der Waals surface area contributed by atoms with Crippen molar-refractivity contribution in [2.45, 2.75) is 174 Å². The number of phosphoric acid groups is 1. The van der Waals surface area contributed by atoms with Gasteiger partial charge in [0.15, 0.2) is 6.10 Å². The molecule has 0 rings (SSSR count). The molecule has 1 N–H and O–H groups in total. The van der Waals surface area contributed by atoms with Crippen LogP contribution in [0, 0.1) is 0 Å². The molecule has 0 radical (unpaired) electrons. The van der Waals surface area contributed by atoms with Gasteiger partial charge in [0.05, 0.1) is 33.9 Å². The molecule has 10 nitrogen and oxygen atoms in total. The average molecular weight is 876 g/mol. The topological polar surface area (TPSA) is 131 Å². The van der Waals surface area contributed by atoms with Gasteiger partial charge in [0, 0.05) is 12.8 Å². The molecule has 2 unspecified atom stereocenters. The lowest BCUT2D eigenvalue weighted by molar-refractivity contribution is -0.870. The number of ether oxygens (including phenoxy) is 2. The first-order valence-electron chi connectivity index (χ1n) is 23.4. The van der Waals surface area contributed by atoms with Crippen LogP contribution in [-0.2, 0) is 32.7 Å². The summed E-state index contributed by atoms with van der Waals surface area (Å²) in [6, 6.07) is 0. The number of likely N-dealkylation sites (N-methyl/N-ethyl adjacent to an activating group) is 1. The SMILES string of the molecule is CC/C=C\C/C=C\CC(O)/C=C/C=C\C/C=C\CCCC(=O)OC[C@H](COP(=O)([O-])OCC[N+](C)(C)C)OC(=O)CCCCCCCCCCC/C=C\C/C=C\CCCCC. The Morgan fingerprint density at radius 3 is 1.79 bits per heavy atom. The maximum Gasteiger partial charge on any atom is 0.306 e. The van der Waals surface area contributed by atoms with Gasteiger partial charge in [-0.3, -0.25) is 14.2 Å². The van der Waals surface area contributed by atoms with Crippen LogP contribution >= 0.6 is 7.82 Å². The van der Waals surface area contributed by atoms with Crippen molar-refractivity contribution in [2.75, 3.05) is 47.5 Å². The highest BCUT2D eigenvalue weighted by molar-refractivity contribution is 7.45. The molecule has 0 amide bonds. The Morgan fingerprint density at radius 1 is 0.623 bits per heavy atom. The summed E-state index contributed by atoms with van der Waals surface area (Å²) < 4.78 is 33.8. The largest absolute Gasteiger partial charge is 0.756 e. The fraction of sp³-hybridized carbons (Fsp3) is 0.680. The molecule has 0 saturated carbocycles. The average Bonchev–Trinajstić information content (AvgIpc) is 3.21. The summed E-state index contributed by atoms with van der Waals surface area (Å²) in [5.74, 6) is -0.953. The van der Waals surface area contributed by atoms with Crippen molar-refractivity contribution in [3.05, 3.63) is 85.1 Å². The zero-order chi connectivity index (χ0) is 45.1. The van der Waals surface area contributed by atoms with Gasteiger partial charge < -0.3 is 33.0 Å². The Labute approximate surface area is 372 Å². The summed E-state index contributed by atoms with van der Waals surface area (Å²) in [7, 11) is 1.08. The van der Waals surface area contributed by atoms with Crippen LogP contribution in [0.4, 0.5) is 0 Å². The summed E-state index contributed by atoms with van der Waals surface area (Å²) in [4.78, 5) is 37.6. The Morgan fingerprint density at radius 2 is 1.16 bits per heavy atom. The van der Waals surface area contributed by atoms with E-state index in [1.165, 1.54) is 57.8 Å². The zero-order valence-electron chi connectivity index (χ0n) is 38.9. The van der Waals surface area contributed by atoms with Crippen molar-refractivity contribution < 1.29 is 47.2 Å². The molecular weight excluding hydrogens is 790 g/mol. The molecule has 0 aromatic heterocycles. The molecule has 0 spiro atoms. The maximum absolute atomic E-state index is 12.7. The van der Waals surface area contributed by atoms with Gasteiger partial charge in [0.2, 0.25) is 0 Å². The van der Waals surface area contributed by atoms with Gasteiger partial charge in [-0.1, -0.05) is 157 Å². The third kappa shape index (κ3) is 45.0. The van der Waals surface area contributed by atoms with Gasteiger partial charge in [0.1, 0.15) is 19.8 Å². The van der Waals surface area contributed by atoms with Gasteiger partial charge in [0.25, 0.3) is 7.82 Å². The van der Waals surface area contributed by atoms with E-state index in [1.54, 1.807) is 6.08 Å². The van der Waals surface area contributed by atoms with Crippen LogP contribution in [0.1, 0.15) is 162 Å². The van der Waals surface area contributed by atoms with E-state index in [-0.39, 0.29) is 26.1 Å². The van der Waals surface area contributed by atoms with E-state index in [0.29, 0.717) is 36.7 Å². The van der Waals surface area contributed by atoms with Crippen molar-refractivity contribution in [3.63, 3.8) is 0 Å². The number of carbonyl (C=O) groups excluding carboxylic acids is 2. The number of unbranched alkanes of at least 4 members (excludes halogenated alkanes) is 13. The van der Waals surface area contributed by atoms with E-state index >= 15 is 0 Å². The molecule has 3 atom stereocenters. The zero-order valence-corrected chi connectivity index (χ0v) is 39.8. The molecule has 0 fully saturated rings. The van der Waals surface area contributed by atoms with Gasteiger partial charge in [-0.05, 0) is 77.0 Å². The molecule has 0 aliphatic heterocycles. The minimum Gasteiger partial charge on any atom is -0.756 e. The lowest BCUT2D eigenvalue weighted by atomic mass is 10.1. The fourth-order valence-electron chi connectivity index (χ4n) is 5.80. The number of rotatable bonds is 41. The number of nitrogens with zero attached hydrogens (tertiary/aromatic N) is 1. The van der Waals surface area contributed by atoms with Crippen molar-refractivity contribution in [2.24, 2.45) is 0 Å². The van der Waals surface area contributed by atoms with Crippen LogP contribution in [0.3, 0.4) is 0 Å².